The van der Waals surface area contributed by atoms with Crippen LogP contribution in [-0.2, 0) is 17.6 Å². The van der Waals surface area contributed by atoms with Crippen LogP contribution in [-0.4, -0.2) is 52.9 Å². The predicted molar refractivity (Wildman–Crippen MR) is 148 cm³/mol. The molecule has 2 fully saturated rings. The second-order valence-corrected chi connectivity index (χ2v) is 12.5. The Hall–Kier alpha value is -1.64. The van der Waals surface area contributed by atoms with Crippen LogP contribution in [0.4, 0.5) is 4.79 Å². The number of nitrogens with two attached hydrogens (primary N) is 1. The Morgan fingerprint density at radius 3 is 2.33 bits per heavy atom. The van der Waals surface area contributed by atoms with Gasteiger partial charge in [-0.25, -0.2) is 4.79 Å². The number of fused-ring (bicyclic) bond motifs is 2. The van der Waals surface area contributed by atoms with Gasteiger partial charge in [-0.1, -0.05) is 27.5 Å². The second-order valence-electron chi connectivity index (χ2n) is 10.3. The fourth-order valence-corrected chi connectivity index (χ4v) is 7.75. The molecule has 1 aromatic heterocycles. The Morgan fingerprint density at radius 2 is 1.64 bits per heavy atom. The number of carbonyl (C=O) groups is 2. The number of aromatic nitrogens is 1. The number of carbonyl (C=O) groups excluding carboxylic acids is 2. The van der Waals surface area contributed by atoms with Crippen molar-refractivity contribution in [2.75, 3.05) is 26.2 Å². The molecule has 3 heterocycles. The summed E-state index contributed by atoms with van der Waals surface area (Å²) >= 11 is 13.9. The van der Waals surface area contributed by atoms with E-state index in [0.29, 0.717) is 31.3 Å². The molecule has 2 N–H and O–H groups in total. The average Bonchev–Trinajstić information content (AvgIpc) is 3.01. The van der Waals surface area contributed by atoms with Gasteiger partial charge in [0.2, 0.25) is 5.91 Å². The lowest BCUT2D eigenvalue weighted by molar-refractivity contribution is -0.134. The minimum atomic E-state index is -0.362. The van der Waals surface area contributed by atoms with Crippen molar-refractivity contribution < 1.29 is 9.59 Å². The van der Waals surface area contributed by atoms with E-state index in [4.69, 9.17) is 22.3 Å². The number of hydrogen-bond donors (Lipinski definition) is 1. The van der Waals surface area contributed by atoms with Crippen LogP contribution in [0, 0.1) is 11.8 Å². The van der Waals surface area contributed by atoms with Crippen LogP contribution in [0.25, 0.3) is 0 Å². The fourth-order valence-electron chi connectivity index (χ4n) is 6.25. The molecule has 1 aromatic carbocycles. The third kappa shape index (κ3) is 5.46. The molecule has 0 bridgehead atoms. The molecule has 6 nitrogen and oxygen atoms in total. The molecule has 0 saturated carbocycles. The molecule has 0 spiro atoms. The summed E-state index contributed by atoms with van der Waals surface area (Å²) in [6.07, 6.45) is 7.92. The van der Waals surface area contributed by atoms with Crippen LogP contribution in [0.2, 0.25) is 5.02 Å². The van der Waals surface area contributed by atoms with Crippen molar-refractivity contribution in [3.8, 4) is 0 Å². The van der Waals surface area contributed by atoms with Gasteiger partial charge in [0, 0.05) is 58.7 Å². The lowest BCUT2D eigenvalue weighted by Gasteiger charge is -2.38. The number of hydrogen-bond acceptors (Lipinski definition) is 3. The largest absolute Gasteiger partial charge is 0.351 e. The van der Waals surface area contributed by atoms with E-state index in [-0.39, 0.29) is 17.9 Å². The minimum Gasteiger partial charge on any atom is -0.351 e. The molecule has 192 valence electrons. The molecule has 9 heteroatoms. The summed E-state index contributed by atoms with van der Waals surface area (Å²) in [7, 11) is 0. The van der Waals surface area contributed by atoms with Crippen molar-refractivity contribution in [2.45, 2.75) is 50.9 Å². The van der Waals surface area contributed by atoms with Crippen LogP contribution in [0.5, 0.6) is 0 Å². The summed E-state index contributed by atoms with van der Waals surface area (Å²) in [6.45, 7) is 2.84. The summed E-state index contributed by atoms with van der Waals surface area (Å²) < 4.78 is 2.05. The quantitative estimate of drug-likeness (QED) is 0.335. The third-order valence-electron chi connectivity index (χ3n) is 8.17. The zero-order chi connectivity index (χ0) is 25.4. The highest BCUT2D eigenvalue weighted by Gasteiger charge is 2.36. The van der Waals surface area contributed by atoms with E-state index in [1.54, 1.807) is 4.90 Å². The van der Waals surface area contributed by atoms with Crippen LogP contribution in [0.3, 0.4) is 0 Å². The molecular formula is C27H31Br2ClN4O2. The van der Waals surface area contributed by atoms with Crippen LogP contribution < -0.4 is 5.73 Å². The highest BCUT2D eigenvalue weighted by molar-refractivity contribution is 9.10. The van der Waals surface area contributed by atoms with Gasteiger partial charge in [-0.2, -0.15) is 0 Å². The second kappa shape index (κ2) is 11.0. The Morgan fingerprint density at radius 1 is 0.972 bits per heavy atom. The molecule has 3 aliphatic rings. The number of likely N-dealkylation sites (tertiary alicyclic amines) is 2. The van der Waals surface area contributed by atoms with Gasteiger partial charge < -0.3 is 15.5 Å². The first-order valence-electron chi connectivity index (χ1n) is 12.7. The molecule has 5 rings (SSSR count). The summed E-state index contributed by atoms with van der Waals surface area (Å²) in [5.41, 5.74) is 10.4. The average molecular weight is 642 g/mol. The number of amides is 3. The van der Waals surface area contributed by atoms with E-state index >= 15 is 0 Å². The van der Waals surface area contributed by atoms with Crippen LogP contribution >= 0.6 is 43.5 Å². The molecule has 0 unspecified atom stereocenters. The van der Waals surface area contributed by atoms with Crippen LogP contribution in [0.1, 0.15) is 60.4 Å². The van der Waals surface area contributed by atoms with Crippen molar-refractivity contribution in [2.24, 2.45) is 17.6 Å². The third-order valence-corrected chi connectivity index (χ3v) is 9.48. The van der Waals surface area contributed by atoms with E-state index in [1.165, 1.54) is 16.7 Å². The first kappa shape index (κ1) is 26.0. The maximum absolute atomic E-state index is 13.1. The van der Waals surface area contributed by atoms with Gasteiger partial charge in [-0.05, 0) is 101 Å². The Bertz CT molecular complexity index is 1160. The van der Waals surface area contributed by atoms with Crippen molar-refractivity contribution in [1.29, 1.82) is 0 Å². The maximum atomic E-state index is 13.1. The van der Waals surface area contributed by atoms with Crippen molar-refractivity contribution in [3.63, 3.8) is 0 Å². The molecule has 2 saturated heterocycles. The van der Waals surface area contributed by atoms with E-state index in [9.17, 15) is 9.59 Å². The van der Waals surface area contributed by atoms with Crippen molar-refractivity contribution in [1.82, 2.24) is 14.8 Å². The number of piperidine rings is 2. The maximum Gasteiger partial charge on any atom is 0.314 e. The zero-order valence-corrected chi connectivity index (χ0v) is 24.1. The highest BCUT2D eigenvalue weighted by atomic mass is 79.9. The molecule has 0 radical (unpaired) electrons. The van der Waals surface area contributed by atoms with Gasteiger partial charge in [-0.15, -0.1) is 0 Å². The molecule has 2 aliphatic heterocycles. The van der Waals surface area contributed by atoms with Gasteiger partial charge in [0.15, 0.2) is 0 Å². The van der Waals surface area contributed by atoms with Gasteiger partial charge in [0.05, 0.1) is 5.69 Å². The molecule has 2 aromatic rings. The molecule has 1 aliphatic carbocycles. The topological polar surface area (TPSA) is 79.5 Å². The normalized spacial score (nSPS) is 21.0. The van der Waals surface area contributed by atoms with E-state index < -0.39 is 0 Å². The van der Waals surface area contributed by atoms with Crippen LogP contribution in [0.15, 0.2) is 33.3 Å². The number of urea groups is 1. The molecule has 1 atom stereocenters. The van der Waals surface area contributed by atoms with Crippen molar-refractivity contribution in [3.05, 3.63) is 60.7 Å². The summed E-state index contributed by atoms with van der Waals surface area (Å²) in [5, 5.41) is 0.751. The predicted octanol–water partition coefficient (Wildman–Crippen LogP) is 5.91. The minimum absolute atomic E-state index is 0.174. The van der Waals surface area contributed by atoms with E-state index in [1.807, 2.05) is 17.2 Å². The number of aryl methyl sites for hydroxylation is 2. The number of halogens is 3. The van der Waals surface area contributed by atoms with Gasteiger partial charge >= 0.3 is 6.03 Å². The van der Waals surface area contributed by atoms with Gasteiger partial charge in [0.25, 0.3) is 0 Å². The lowest BCUT2D eigenvalue weighted by Crippen LogP contribution is -2.44. The Kier molecular flexibility index (Phi) is 7.94. The SMILES string of the molecule is [15NH2][13C](=O)N1CCC(C[13C](=O)N2CCC([C@H]3c4ncc(Br)cc4CCc4cc(Cl)cc(Br)c43)CC2)CC1. The monoisotopic (exact) mass is 639 g/mol. The number of rotatable bonds is 3. The molecular weight excluding hydrogens is 611 g/mol. The lowest BCUT2D eigenvalue weighted by atomic mass is 9.76. The van der Waals surface area contributed by atoms with Gasteiger partial charge in [-0.3, -0.25) is 9.78 Å². The van der Waals surface area contributed by atoms with Gasteiger partial charge in [0.1, 0.15) is 0 Å². The molecule has 3 amide bonds. The smallest absolute Gasteiger partial charge is 0.314 e. The Labute approximate surface area is 234 Å². The Balaban J connectivity index is 1.31. The highest BCUT2D eigenvalue weighted by Crippen LogP contribution is 2.46. The standard InChI is InChI=1S/C27H31Br2ClN4O2/c28-20-12-19-2-1-18-13-21(30)14-22(29)24(18)25(26(19)32-15-20)17-5-9-33(10-6-17)23(35)11-16-3-7-34(8-4-16)27(31)36/h12-17,25H,1-11H2,(H2,31,36)/t25-/m1/s1/i23+1,27+1,31+1. The number of primary amides is 1. The first-order chi connectivity index (χ1) is 17.3. The van der Waals surface area contributed by atoms with E-state index in [0.717, 1.165) is 71.3 Å². The summed E-state index contributed by atoms with van der Waals surface area (Å²) in [6, 6.07) is 5.95. The van der Waals surface area contributed by atoms with Crippen molar-refractivity contribution >= 4 is 55.4 Å². The fraction of sp³-hybridized carbons (Fsp3) is 0.519. The number of nitrogens with zero attached hydrogens (tertiary/aromatic N) is 3. The number of pyridine rings is 1. The van der Waals surface area contributed by atoms with E-state index in [2.05, 4.69) is 44.0 Å². The number of benzene rings is 1. The molecule has 36 heavy (non-hydrogen) atoms. The summed E-state index contributed by atoms with van der Waals surface area (Å²) in [5.74, 6) is 1.14. The summed E-state index contributed by atoms with van der Waals surface area (Å²) in [4.78, 5) is 33.2. The zero-order valence-electron chi connectivity index (χ0n) is 20.2. The first-order valence-corrected chi connectivity index (χ1v) is 14.7.